The predicted octanol–water partition coefficient (Wildman–Crippen LogP) is 4.93. The molecule has 0 aliphatic carbocycles. The quantitative estimate of drug-likeness (QED) is 0.190. The molecule has 34 heavy (non-hydrogen) atoms. The molecule has 9 nitrogen and oxygen atoms in total. The van der Waals surface area contributed by atoms with E-state index in [4.69, 9.17) is 18.6 Å². The van der Waals surface area contributed by atoms with Gasteiger partial charge in [-0.05, 0) is 13.3 Å². The smallest absolute Gasteiger partial charge is 0.394 e. The maximum atomic E-state index is 12.0. The van der Waals surface area contributed by atoms with Crippen LogP contribution in [0.3, 0.4) is 0 Å². The molecule has 0 saturated heterocycles. The van der Waals surface area contributed by atoms with Gasteiger partial charge in [-0.3, -0.25) is 9.59 Å². The van der Waals surface area contributed by atoms with Crippen LogP contribution in [-0.2, 0) is 19.1 Å². The zero-order valence-corrected chi connectivity index (χ0v) is 21.1. The summed E-state index contributed by atoms with van der Waals surface area (Å²) in [5, 5.41) is 0. The molecule has 0 N–H and O–H groups in total. The molecule has 0 unspecified atom stereocenters. The number of hydrogen-bond acceptors (Lipinski definition) is 8. The van der Waals surface area contributed by atoms with Crippen molar-refractivity contribution >= 4 is 17.8 Å². The molecule has 1 aromatic heterocycles. The Hall–Kier alpha value is -2.58. The summed E-state index contributed by atoms with van der Waals surface area (Å²) in [4.78, 5) is 40.4. The second-order valence-electron chi connectivity index (χ2n) is 8.37. The van der Waals surface area contributed by atoms with Crippen LogP contribution in [0.5, 0.6) is 6.08 Å². The molecule has 0 aromatic carbocycles. The van der Waals surface area contributed by atoms with Gasteiger partial charge in [0.1, 0.15) is 12.8 Å². The van der Waals surface area contributed by atoms with Crippen LogP contribution in [0.1, 0.15) is 101 Å². The van der Waals surface area contributed by atoms with Gasteiger partial charge in [-0.1, -0.05) is 77.6 Å². The molecule has 9 heteroatoms. The van der Waals surface area contributed by atoms with Crippen molar-refractivity contribution < 1.29 is 33.0 Å². The van der Waals surface area contributed by atoms with Gasteiger partial charge in [0.2, 0.25) is 0 Å². The summed E-state index contributed by atoms with van der Waals surface area (Å²) in [6, 6.07) is 0. The number of likely N-dealkylation sites (N-methyl/N-ethyl adjacent to an activating group) is 1. The van der Waals surface area contributed by atoms with Crippen LogP contribution in [0.15, 0.2) is 10.7 Å². The van der Waals surface area contributed by atoms with Crippen molar-refractivity contribution in [3.63, 3.8) is 0 Å². The summed E-state index contributed by atoms with van der Waals surface area (Å²) in [5.41, 5.74) is -0.0782. The van der Waals surface area contributed by atoms with Crippen molar-refractivity contribution in [2.45, 2.75) is 90.9 Å². The number of rotatable bonds is 20. The van der Waals surface area contributed by atoms with Crippen LogP contribution in [0.4, 0.5) is 0 Å². The maximum Gasteiger partial charge on any atom is 0.394 e. The van der Waals surface area contributed by atoms with Gasteiger partial charge in [-0.25, -0.2) is 4.79 Å². The minimum atomic E-state index is -0.804. The highest BCUT2D eigenvalue weighted by molar-refractivity contribution is 5.90. The lowest BCUT2D eigenvalue weighted by Crippen LogP contribution is -2.36. The summed E-state index contributed by atoms with van der Waals surface area (Å²) < 4.78 is 20.3. The monoisotopic (exact) mass is 482 g/mol. The lowest BCUT2D eigenvalue weighted by molar-refractivity contribution is -0.148. The van der Waals surface area contributed by atoms with E-state index in [2.05, 4.69) is 11.9 Å². The Morgan fingerprint density at radius 3 is 2.06 bits per heavy atom. The fourth-order valence-electron chi connectivity index (χ4n) is 3.32. The highest BCUT2D eigenvalue weighted by atomic mass is 16.6. The predicted molar refractivity (Wildman–Crippen MR) is 128 cm³/mol. The van der Waals surface area contributed by atoms with E-state index in [-0.39, 0.29) is 24.9 Å². The largest absolute Gasteiger partial charge is 0.465 e. The van der Waals surface area contributed by atoms with E-state index in [1.54, 1.807) is 6.92 Å². The number of esters is 2. The number of aromatic nitrogens is 1. The van der Waals surface area contributed by atoms with E-state index < -0.39 is 24.5 Å². The summed E-state index contributed by atoms with van der Waals surface area (Å²) in [5.74, 6) is -1.87. The van der Waals surface area contributed by atoms with E-state index in [1.165, 1.54) is 71.3 Å². The first-order valence-corrected chi connectivity index (χ1v) is 12.6. The Bertz CT molecular complexity index is 705. The molecule has 1 heterocycles. The zero-order valence-electron chi connectivity index (χ0n) is 21.1. The van der Waals surface area contributed by atoms with Crippen molar-refractivity contribution in [2.75, 3.05) is 33.4 Å². The van der Waals surface area contributed by atoms with Gasteiger partial charge < -0.3 is 23.5 Å². The average Bonchev–Trinajstić information content (AvgIpc) is 3.29. The van der Waals surface area contributed by atoms with Gasteiger partial charge in [-0.15, -0.1) is 0 Å². The van der Waals surface area contributed by atoms with E-state index >= 15 is 0 Å². The van der Waals surface area contributed by atoms with Crippen LogP contribution in [-0.4, -0.2) is 61.1 Å². The summed E-state index contributed by atoms with van der Waals surface area (Å²) >= 11 is 0. The molecule has 0 fully saturated rings. The van der Waals surface area contributed by atoms with Gasteiger partial charge in [0, 0.05) is 7.05 Å². The minimum Gasteiger partial charge on any atom is -0.465 e. The highest BCUT2D eigenvalue weighted by Gasteiger charge is 2.19. The van der Waals surface area contributed by atoms with Gasteiger partial charge in [-0.2, -0.15) is 4.98 Å². The summed E-state index contributed by atoms with van der Waals surface area (Å²) in [7, 11) is 1.42. The van der Waals surface area contributed by atoms with Crippen molar-refractivity contribution in [2.24, 2.45) is 0 Å². The Morgan fingerprint density at radius 1 is 0.882 bits per heavy atom. The first-order chi connectivity index (χ1) is 16.5. The Labute approximate surface area is 203 Å². The van der Waals surface area contributed by atoms with E-state index in [0.717, 1.165) is 24.0 Å². The number of hydrogen-bond donors (Lipinski definition) is 0. The summed E-state index contributed by atoms with van der Waals surface area (Å²) in [6.45, 7) is 3.88. The van der Waals surface area contributed by atoms with Crippen LogP contribution in [0.25, 0.3) is 0 Å². The SMILES string of the molecule is CCCCCCCCCCCCCCOc1nc(C(=O)OCC(=O)N(C)CC(=O)OCC)co1. The molecular formula is C25H42N2O7. The van der Waals surface area contributed by atoms with Crippen LogP contribution in [0, 0.1) is 0 Å². The number of unbranched alkanes of at least 4 members (excludes halogenated alkanes) is 11. The third-order valence-electron chi connectivity index (χ3n) is 5.34. The van der Waals surface area contributed by atoms with Gasteiger partial charge in [0.05, 0.1) is 13.2 Å². The van der Waals surface area contributed by atoms with Crippen molar-refractivity contribution in [1.82, 2.24) is 9.88 Å². The van der Waals surface area contributed by atoms with Crippen LogP contribution in [0.2, 0.25) is 0 Å². The standard InChI is InChI=1S/C25H42N2O7/c1-4-6-7-8-9-10-11-12-13-14-15-16-17-32-25-26-21(19-34-25)24(30)33-20-22(28)27(3)18-23(29)31-5-2/h19H,4-18,20H2,1-3H3. The Kier molecular flexibility index (Phi) is 16.3. The van der Waals surface area contributed by atoms with Gasteiger partial charge in [0.15, 0.2) is 12.3 Å². The highest BCUT2D eigenvalue weighted by Crippen LogP contribution is 2.14. The van der Waals surface area contributed by atoms with E-state index in [1.807, 2.05) is 0 Å². The molecule has 0 aliphatic rings. The van der Waals surface area contributed by atoms with Crippen LogP contribution < -0.4 is 4.74 Å². The molecule has 1 amide bonds. The third-order valence-corrected chi connectivity index (χ3v) is 5.34. The molecule has 0 bridgehead atoms. The van der Waals surface area contributed by atoms with Crippen molar-refractivity contribution in [3.05, 3.63) is 12.0 Å². The molecule has 1 rings (SSSR count). The number of nitrogens with zero attached hydrogens (tertiary/aromatic N) is 2. The first kappa shape index (κ1) is 29.5. The Morgan fingerprint density at radius 2 is 1.47 bits per heavy atom. The molecule has 0 saturated carbocycles. The fourth-order valence-corrected chi connectivity index (χ4v) is 3.32. The lowest BCUT2D eigenvalue weighted by atomic mass is 10.1. The molecule has 0 atom stereocenters. The minimum absolute atomic E-state index is 0.000721. The third kappa shape index (κ3) is 13.9. The maximum absolute atomic E-state index is 12.0. The molecule has 194 valence electrons. The second kappa shape index (κ2) is 18.8. The first-order valence-electron chi connectivity index (χ1n) is 12.6. The summed E-state index contributed by atoms with van der Waals surface area (Å²) in [6.07, 6.45) is 16.3. The van der Waals surface area contributed by atoms with Gasteiger partial charge in [0.25, 0.3) is 5.91 Å². The van der Waals surface area contributed by atoms with E-state index in [0.29, 0.717) is 6.61 Å². The zero-order chi connectivity index (χ0) is 25.0. The van der Waals surface area contributed by atoms with Gasteiger partial charge >= 0.3 is 18.0 Å². The van der Waals surface area contributed by atoms with Crippen LogP contribution >= 0.6 is 0 Å². The average molecular weight is 483 g/mol. The van der Waals surface area contributed by atoms with Crippen molar-refractivity contribution in [1.29, 1.82) is 0 Å². The second-order valence-corrected chi connectivity index (χ2v) is 8.37. The molecule has 0 radical (unpaired) electrons. The lowest BCUT2D eigenvalue weighted by Gasteiger charge is -2.15. The molecular weight excluding hydrogens is 440 g/mol. The Balaban J connectivity index is 2.09. The fraction of sp³-hybridized carbons (Fsp3) is 0.760. The number of amides is 1. The normalized spacial score (nSPS) is 10.7. The molecule has 0 aliphatic heterocycles. The number of carbonyl (C=O) groups excluding carboxylic acids is 3. The number of ether oxygens (including phenoxy) is 3. The molecule has 1 aromatic rings. The van der Waals surface area contributed by atoms with E-state index in [9.17, 15) is 14.4 Å². The molecule has 0 spiro atoms. The topological polar surface area (TPSA) is 108 Å². The number of carbonyl (C=O) groups is 3. The number of oxazole rings is 1. The van der Waals surface area contributed by atoms with Crippen molar-refractivity contribution in [3.8, 4) is 6.08 Å².